The molecule has 0 radical (unpaired) electrons. The van der Waals surface area contributed by atoms with Crippen LogP contribution in [0.2, 0.25) is 0 Å². The van der Waals surface area contributed by atoms with E-state index < -0.39 is 0 Å². The Morgan fingerprint density at radius 2 is 2.38 bits per heavy atom. The largest absolute Gasteiger partial charge is 0.379 e. The zero-order chi connectivity index (χ0) is 6.41. The quantitative estimate of drug-likeness (QED) is 0.490. The highest BCUT2D eigenvalue weighted by molar-refractivity contribution is 4.49. The molecule has 0 aromatic heterocycles. The molecule has 0 fully saturated rings. The van der Waals surface area contributed by atoms with E-state index in [0.717, 1.165) is 6.61 Å². The zero-order valence-corrected chi connectivity index (χ0v) is 5.48. The third-order valence-corrected chi connectivity index (χ3v) is 0.872. The average molecular weight is 118 g/mol. The molecule has 0 heterocycles. The fourth-order valence-electron chi connectivity index (χ4n) is 0.328. The molecule has 8 heavy (non-hydrogen) atoms. The molecule has 0 rings (SSSR count). The summed E-state index contributed by atoms with van der Waals surface area (Å²) in [6.45, 7) is 3.27. The third-order valence-electron chi connectivity index (χ3n) is 0.872. The van der Waals surface area contributed by atoms with Gasteiger partial charge in [0.05, 0.1) is 12.8 Å². The summed E-state index contributed by atoms with van der Waals surface area (Å²) in [5.41, 5.74) is 5.42. The summed E-state index contributed by atoms with van der Waals surface area (Å²) in [6.07, 6.45) is -0.0186. The Balaban J connectivity index is 2.86. The van der Waals surface area contributed by atoms with Crippen molar-refractivity contribution in [2.75, 3.05) is 20.3 Å². The van der Waals surface area contributed by atoms with Gasteiger partial charge in [0.25, 0.3) is 0 Å². The van der Waals surface area contributed by atoms with Gasteiger partial charge in [-0.15, -0.1) is 0 Å². The lowest BCUT2D eigenvalue weighted by Crippen LogP contribution is -2.38. The van der Waals surface area contributed by atoms with Crippen LogP contribution >= 0.6 is 0 Å². The van der Waals surface area contributed by atoms with Gasteiger partial charge in [0.2, 0.25) is 0 Å². The number of ether oxygens (including phenoxy) is 1. The maximum Gasteiger partial charge on any atom is 0.0785 e. The molecule has 50 valence electrons. The molecule has 0 spiro atoms. The number of nitrogens with one attached hydrogen (secondary N) is 1. The molecule has 1 atom stereocenters. The predicted molar refractivity (Wildman–Crippen MR) is 33.5 cm³/mol. The van der Waals surface area contributed by atoms with Crippen LogP contribution in [0, 0.1) is 0 Å². The zero-order valence-electron chi connectivity index (χ0n) is 5.48. The summed E-state index contributed by atoms with van der Waals surface area (Å²) in [5.74, 6) is 0. The molecule has 0 aromatic rings. The predicted octanol–water partition coefficient (Wildman–Crippen LogP) is -0.473. The van der Waals surface area contributed by atoms with Gasteiger partial charge in [-0.05, 0) is 14.0 Å². The van der Waals surface area contributed by atoms with E-state index in [0.29, 0.717) is 6.61 Å². The van der Waals surface area contributed by atoms with Gasteiger partial charge in [-0.3, -0.25) is 0 Å². The molecule has 0 amide bonds. The van der Waals surface area contributed by atoms with Crippen molar-refractivity contribution < 1.29 is 4.74 Å². The van der Waals surface area contributed by atoms with Gasteiger partial charge in [0.1, 0.15) is 0 Å². The highest BCUT2D eigenvalue weighted by atomic mass is 16.5. The molecule has 0 bridgehead atoms. The summed E-state index contributed by atoms with van der Waals surface area (Å²) in [7, 11) is 1.81. The highest BCUT2D eigenvalue weighted by Crippen LogP contribution is 1.73. The number of hydrogen-bond donors (Lipinski definition) is 2. The lowest BCUT2D eigenvalue weighted by molar-refractivity contribution is 0.127. The first-order valence-electron chi connectivity index (χ1n) is 2.81. The van der Waals surface area contributed by atoms with Crippen LogP contribution in [0.4, 0.5) is 0 Å². The molecule has 0 aliphatic heterocycles. The van der Waals surface area contributed by atoms with Crippen LogP contribution in [0.5, 0.6) is 0 Å². The summed E-state index contributed by atoms with van der Waals surface area (Å²) < 4.78 is 5.00. The molecule has 3 heteroatoms. The number of likely N-dealkylation sites (N-methyl/N-ethyl adjacent to an activating group) is 1. The molecule has 0 aliphatic carbocycles. The van der Waals surface area contributed by atoms with E-state index in [1.165, 1.54) is 0 Å². The molecule has 0 saturated heterocycles. The normalized spacial score (nSPS) is 13.9. The van der Waals surface area contributed by atoms with Crippen LogP contribution in [0.3, 0.4) is 0 Å². The van der Waals surface area contributed by atoms with Crippen LogP contribution < -0.4 is 11.1 Å². The SMILES string of the molecule is CCOCC(N)NC. The van der Waals surface area contributed by atoms with Crippen molar-refractivity contribution in [2.45, 2.75) is 13.1 Å². The van der Waals surface area contributed by atoms with Crippen molar-refractivity contribution in [3.8, 4) is 0 Å². The van der Waals surface area contributed by atoms with E-state index in [-0.39, 0.29) is 6.17 Å². The molecule has 3 nitrogen and oxygen atoms in total. The van der Waals surface area contributed by atoms with Gasteiger partial charge < -0.3 is 15.8 Å². The first kappa shape index (κ1) is 7.88. The monoisotopic (exact) mass is 118 g/mol. The van der Waals surface area contributed by atoms with Crippen molar-refractivity contribution >= 4 is 0 Å². The van der Waals surface area contributed by atoms with Gasteiger partial charge in [-0.2, -0.15) is 0 Å². The topological polar surface area (TPSA) is 47.3 Å². The second-order valence-electron chi connectivity index (χ2n) is 1.55. The number of rotatable bonds is 4. The lowest BCUT2D eigenvalue weighted by Gasteiger charge is -2.08. The van der Waals surface area contributed by atoms with Crippen molar-refractivity contribution in [3.05, 3.63) is 0 Å². The Kier molecular flexibility index (Phi) is 4.95. The van der Waals surface area contributed by atoms with Crippen LogP contribution in [0.25, 0.3) is 0 Å². The average Bonchev–Trinajstić information content (AvgIpc) is 1.83. The Hall–Kier alpha value is -0.120. The smallest absolute Gasteiger partial charge is 0.0785 e. The van der Waals surface area contributed by atoms with Gasteiger partial charge in [0.15, 0.2) is 0 Å². The minimum absolute atomic E-state index is 0.0186. The van der Waals surface area contributed by atoms with Crippen LogP contribution in [0.1, 0.15) is 6.92 Å². The minimum Gasteiger partial charge on any atom is -0.379 e. The van der Waals surface area contributed by atoms with Gasteiger partial charge >= 0.3 is 0 Å². The molecular formula is C5H14N2O. The first-order chi connectivity index (χ1) is 3.81. The molecular weight excluding hydrogens is 104 g/mol. The summed E-state index contributed by atoms with van der Waals surface area (Å²) >= 11 is 0. The summed E-state index contributed by atoms with van der Waals surface area (Å²) in [5, 5.41) is 2.85. The molecule has 3 N–H and O–H groups in total. The standard InChI is InChI=1S/C5H14N2O/c1-3-8-4-5(6)7-2/h5,7H,3-4,6H2,1-2H3. The van der Waals surface area contributed by atoms with Crippen LogP contribution in [-0.4, -0.2) is 26.4 Å². The highest BCUT2D eigenvalue weighted by Gasteiger charge is 1.93. The fourth-order valence-corrected chi connectivity index (χ4v) is 0.328. The van der Waals surface area contributed by atoms with E-state index in [9.17, 15) is 0 Å². The maximum absolute atomic E-state index is 5.42. The van der Waals surface area contributed by atoms with E-state index in [4.69, 9.17) is 10.5 Å². The summed E-state index contributed by atoms with van der Waals surface area (Å²) in [4.78, 5) is 0. The van der Waals surface area contributed by atoms with E-state index in [1.807, 2.05) is 14.0 Å². The minimum atomic E-state index is -0.0186. The van der Waals surface area contributed by atoms with Crippen molar-refractivity contribution in [1.82, 2.24) is 5.32 Å². The van der Waals surface area contributed by atoms with Crippen LogP contribution in [0.15, 0.2) is 0 Å². The lowest BCUT2D eigenvalue weighted by atomic mass is 10.5. The molecule has 0 aliphatic rings. The second kappa shape index (κ2) is 5.03. The van der Waals surface area contributed by atoms with Crippen LogP contribution in [-0.2, 0) is 4.74 Å². The Morgan fingerprint density at radius 3 is 2.75 bits per heavy atom. The maximum atomic E-state index is 5.42. The number of nitrogens with two attached hydrogens (primary N) is 1. The van der Waals surface area contributed by atoms with Gasteiger partial charge in [-0.1, -0.05) is 0 Å². The molecule has 0 aromatic carbocycles. The third kappa shape index (κ3) is 4.05. The van der Waals surface area contributed by atoms with Gasteiger partial charge in [-0.25, -0.2) is 0 Å². The Morgan fingerprint density at radius 1 is 1.75 bits per heavy atom. The van der Waals surface area contributed by atoms with Gasteiger partial charge in [0, 0.05) is 6.61 Å². The molecule has 0 saturated carbocycles. The van der Waals surface area contributed by atoms with Crippen molar-refractivity contribution in [3.63, 3.8) is 0 Å². The van der Waals surface area contributed by atoms with Crippen molar-refractivity contribution in [1.29, 1.82) is 0 Å². The fraction of sp³-hybridized carbons (Fsp3) is 1.00. The second-order valence-corrected chi connectivity index (χ2v) is 1.55. The van der Waals surface area contributed by atoms with E-state index in [2.05, 4.69) is 5.32 Å². The Labute approximate surface area is 50.2 Å². The first-order valence-corrected chi connectivity index (χ1v) is 2.81. The summed E-state index contributed by atoms with van der Waals surface area (Å²) in [6, 6.07) is 0. The molecule has 1 unspecified atom stereocenters. The Bertz CT molecular complexity index is 49.7. The van der Waals surface area contributed by atoms with E-state index in [1.54, 1.807) is 0 Å². The number of hydrogen-bond acceptors (Lipinski definition) is 3. The van der Waals surface area contributed by atoms with E-state index >= 15 is 0 Å². The van der Waals surface area contributed by atoms with Crippen molar-refractivity contribution in [2.24, 2.45) is 5.73 Å².